The van der Waals surface area contributed by atoms with Gasteiger partial charge in [-0.2, -0.15) is 0 Å². The molecule has 1 amide bonds. The summed E-state index contributed by atoms with van der Waals surface area (Å²) >= 11 is 4.10. The van der Waals surface area contributed by atoms with Gasteiger partial charge in [-0.3, -0.25) is 9.69 Å². The summed E-state index contributed by atoms with van der Waals surface area (Å²) in [7, 11) is 1.70. The first kappa shape index (κ1) is 14.1. The molecule has 0 bridgehead atoms. The molecule has 20 heavy (non-hydrogen) atoms. The average Bonchev–Trinajstić information content (AvgIpc) is 2.45. The number of anilines is 3. The Kier molecular flexibility index (Phi) is 4.41. The first-order valence-electron chi connectivity index (χ1n) is 5.95. The number of carbonyl (C=O) groups is 1. The van der Waals surface area contributed by atoms with Gasteiger partial charge in [0, 0.05) is 7.05 Å². The molecule has 0 aliphatic carbocycles. The van der Waals surface area contributed by atoms with Gasteiger partial charge in [0.15, 0.2) is 16.8 Å². The van der Waals surface area contributed by atoms with Gasteiger partial charge in [0.25, 0.3) is 0 Å². The first-order chi connectivity index (χ1) is 9.65. The van der Waals surface area contributed by atoms with Crippen molar-refractivity contribution >= 4 is 36.4 Å². The molecule has 0 aliphatic heterocycles. The Morgan fingerprint density at radius 2 is 2.05 bits per heavy atom. The van der Waals surface area contributed by atoms with Crippen molar-refractivity contribution in [3.8, 4) is 0 Å². The normalized spacial score (nSPS) is 10.1. The second-order valence-corrected chi connectivity index (χ2v) is 4.48. The maximum Gasteiger partial charge on any atom is 0.215 e. The number of hydrogen-bond donors (Lipinski definition) is 3. The summed E-state index contributed by atoms with van der Waals surface area (Å²) in [6, 6.07) is 9.61. The number of nitrogen functional groups attached to an aromatic ring is 1. The first-order valence-corrected chi connectivity index (χ1v) is 6.40. The maximum atomic E-state index is 11.4. The standard InChI is InChI=1S/C13H15N5OS/c1-15-10-11(14)16-13(20)17-12(10)18(8-19)7-9-5-3-2-4-6-9/h2-6,8,15H,7H2,1H3,(H3,14,16,17,20). The largest absolute Gasteiger partial charge is 0.382 e. The molecule has 6 nitrogen and oxygen atoms in total. The van der Waals surface area contributed by atoms with Crippen LogP contribution in [0.15, 0.2) is 35.5 Å². The molecule has 0 radical (unpaired) electrons. The Balaban J connectivity index is 2.39. The van der Waals surface area contributed by atoms with Crippen molar-refractivity contribution in [1.82, 2.24) is 9.97 Å². The lowest BCUT2D eigenvalue weighted by atomic mass is 10.2. The van der Waals surface area contributed by atoms with Gasteiger partial charge in [-0.05, 0) is 5.56 Å². The van der Waals surface area contributed by atoms with E-state index >= 15 is 0 Å². The Morgan fingerprint density at radius 1 is 1.35 bits per heavy atom. The van der Waals surface area contributed by atoms with Crippen LogP contribution < -0.4 is 16.0 Å². The highest BCUT2D eigenvalue weighted by atomic mass is 32.1. The predicted molar refractivity (Wildman–Crippen MR) is 81.9 cm³/mol. The third-order valence-electron chi connectivity index (χ3n) is 2.75. The summed E-state index contributed by atoms with van der Waals surface area (Å²) in [5.41, 5.74) is 7.30. The van der Waals surface area contributed by atoms with Crippen LogP contribution in [0.3, 0.4) is 0 Å². The van der Waals surface area contributed by atoms with Gasteiger partial charge < -0.3 is 11.1 Å². The van der Waals surface area contributed by atoms with Gasteiger partial charge in [-0.25, -0.2) is 9.97 Å². The zero-order valence-corrected chi connectivity index (χ0v) is 11.8. The van der Waals surface area contributed by atoms with E-state index in [-0.39, 0.29) is 11.0 Å². The monoisotopic (exact) mass is 289 g/mol. The Morgan fingerprint density at radius 3 is 2.65 bits per heavy atom. The lowest BCUT2D eigenvalue weighted by Gasteiger charge is -2.20. The van der Waals surface area contributed by atoms with Gasteiger partial charge in [0.05, 0.1) is 6.54 Å². The summed E-state index contributed by atoms with van der Waals surface area (Å²) in [6.07, 6.45) is 0.711. The zero-order valence-electron chi connectivity index (χ0n) is 10.9. The second kappa shape index (κ2) is 6.25. The smallest absolute Gasteiger partial charge is 0.215 e. The lowest BCUT2D eigenvalue weighted by molar-refractivity contribution is -0.107. The van der Waals surface area contributed by atoms with Crippen LogP contribution in [0.1, 0.15) is 5.56 Å². The van der Waals surface area contributed by atoms with E-state index in [1.54, 1.807) is 7.05 Å². The van der Waals surface area contributed by atoms with Gasteiger partial charge in [0.1, 0.15) is 5.69 Å². The van der Waals surface area contributed by atoms with E-state index in [9.17, 15) is 4.79 Å². The van der Waals surface area contributed by atoms with E-state index in [0.717, 1.165) is 5.56 Å². The van der Waals surface area contributed by atoms with E-state index < -0.39 is 0 Å². The Labute approximate surface area is 122 Å². The molecule has 104 valence electrons. The van der Waals surface area contributed by atoms with Crippen molar-refractivity contribution in [2.24, 2.45) is 0 Å². The number of rotatable bonds is 5. The molecule has 0 atom stereocenters. The molecule has 1 heterocycles. The van der Waals surface area contributed by atoms with Crippen LogP contribution in [0, 0.1) is 0 Å². The summed E-state index contributed by atoms with van der Waals surface area (Å²) in [5, 5.41) is 3.13. The van der Waals surface area contributed by atoms with Crippen molar-refractivity contribution in [2.75, 3.05) is 23.0 Å². The number of carbonyl (C=O) groups excluding carboxylic acids is 1. The van der Waals surface area contributed by atoms with Crippen molar-refractivity contribution in [1.29, 1.82) is 0 Å². The molecule has 0 unspecified atom stereocenters. The fourth-order valence-corrected chi connectivity index (χ4v) is 2.05. The van der Waals surface area contributed by atoms with Crippen molar-refractivity contribution in [3.63, 3.8) is 0 Å². The molecule has 3 N–H and O–H groups in total. The highest BCUT2D eigenvalue weighted by Crippen LogP contribution is 2.29. The van der Waals surface area contributed by atoms with Gasteiger partial charge in [-0.1, -0.05) is 30.3 Å². The number of nitrogens with zero attached hydrogens (tertiary/aromatic N) is 3. The minimum absolute atomic E-state index is 0.219. The van der Waals surface area contributed by atoms with Crippen LogP contribution in [0.4, 0.5) is 17.3 Å². The van der Waals surface area contributed by atoms with Crippen LogP contribution in [0.25, 0.3) is 0 Å². The van der Waals surface area contributed by atoms with E-state index in [0.29, 0.717) is 24.5 Å². The maximum absolute atomic E-state index is 11.4. The third kappa shape index (κ3) is 3.00. The minimum Gasteiger partial charge on any atom is -0.382 e. The van der Waals surface area contributed by atoms with Crippen molar-refractivity contribution < 1.29 is 4.79 Å². The van der Waals surface area contributed by atoms with Gasteiger partial charge in [-0.15, -0.1) is 12.6 Å². The quantitative estimate of drug-likeness (QED) is 0.442. The van der Waals surface area contributed by atoms with Crippen molar-refractivity contribution in [3.05, 3.63) is 35.9 Å². The topological polar surface area (TPSA) is 84.1 Å². The molecular formula is C13H15N5OS. The summed E-state index contributed by atoms with van der Waals surface area (Å²) in [6.45, 7) is 0.392. The molecule has 0 spiro atoms. The second-order valence-electron chi connectivity index (χ2n) is 4.08. The molecule has 0 saturated carbocycles. The number of thiol groups is 1. The number of nitrogens with one attached hydrogen (secondary N) is 1. The van der Waals surface area contributed by atoms with E-state index in [1.807, 2.05) is 30.3 Å². The van der Waals surface area contributed by atoms with E-state index in [2.05, 4.69) is 27.9 Å². The predicted octanol–water partition coefficient (Wildman–Crippen LogP) is 1.55. The summed E-state index contributed by atoms with van der Waals surface area (Å²) < 4.78 is 0. The van der Waals surface area contributed by atoms with Gasteiger partial charge >= 0.3 is 0 Å². The number of amides is 1. The fourth-order valence-electron chi connectivity index (χ4n) is 1.84. The molecule has 1 aromatic heterocycles. The molecule has 2 rings (SSSR count). The molecule has 1 aromatic carbocycles. The average molecular weight is 289 g/mol. The van der Waals surface area contributed by atoms with E-state index in [1.165, 1.54) is 4.90 Å². The molecule has 0 fully saturated rings. The molecule has 0 saturated heterocycles. The van der Waals surface area contributed by atoms with Crippen LogP contribution >= 0.6 is 12.6 Å². The number of aromatic nitrogens is 2. The van der Waals surface area contributed by atoms with Crippen LogP contribution in [-0.4, -0.2) is 23.4 Å². The highest BCUT2D eigenvalue weighted by Gasteiger charge is 2.16. The third-order valence-corrected chi connectivity index (χ3v) is 2.95. The molecule has 7 heteroatoms. The molecular weight excluding hydrogens is 274 g/mol. The lowest BCUT2D eigenvalue weighted by Crippen LogP contribution is -2.23. The Hall–Kier alpha value is -2.28. The van der Waals surface area contributed by atoms with Crippen LogP contribution in [0.5, 0.6) is 0 Å². The fraction of sp³-hybridized carbons (Fsp3) is 0.154. The molecule has 2 aromatic rings. The van der Waals surface area contributed by atoms with E-state index in [4.69, 9.17) is 5.73 Å². The number of benzene rings is 1. The van der Waals surface area contributed by atoms with Crippen LogP contribution in [-0.2, 0) is 11.3 Å². The summed E-state index contributed by atoms with van der Waals surface area (Å²) in [5.74, 6) is 0.659. The van der Waals surface area contributed by atoms with Crippen LogP contribution in [0.2, 0.25) is 0 Å². The number of nitrogens with two attached hydrogens (primary N) is 1. The minimum atomic E-state index is 0.219. The number of hydrogen-bond acceptors (Lipinski definition) is 6. The zero-order chi connectivity index (χ0) is 14.5. The molecule has 0 aliphatic rings. The highest BCUT2D eigenvalue weighted by molar-refractivity contribution is 7.80. The Bertz CT molecular complexity index is 605. The SMILES string of the molecule is CNc1c(N)nc(S)nc1N(C=O)Cc1ccccc1. The summed E-state index contributed by atoms with van der Waals surface area (Å²) in [4.78, 5) is 21.0. The van der Waals surface area contributed by atoms with Gasteiger partial charge in [0.2, 0.25) is 6.41 Å². The van der Waals surface area contributed by atoms with Crippen molar-refractivity contribution in [2.45, 2.75) is 11.7 Å².